The third-order valence-corrected chi connectivity index (χ3v) is 2.29. The minimum Gasteiger partial charge on any atom is -0.354 e. The normalized spacial score (nSPS) is 10.7. The van der Waals surface area contributed by atoms with E-state index < -0.39 is 11.6 Å². The summed E-state index contributed by atoms with van der Waals surface area (Å²) in [6.07, 6.45) is 0.363. The summed E-state index contributed by atoms with van der Waals surface area (Å²) < 4.78 is 25.6. The van der Waals surface area contributed by atoms with Gasteiger partial charge in [0.1, 0.15) is 0 Å². The number of carbonyl (C=O) groups is 1. The summed E-state index contributed by atoms with van der Waals surface area (Å²) in [4.78, 5) is 11.3. The van der Waals surface area contributed by atoms with Crippen molar-refractivity contribution in [1.82, 2.24) is 10.6 Å². The minimum atomic E-state index is -0.855. The van der Waals surface area contributed by atoms with Crippen molar-refractivity contribution >= 4 is 5.91 Å². The number of nitrogens with one attached hydrogen (secondary N) is 2. The quantitative estimate of drug-likeness (QED) is 0.764. The molecule has 0 unspecified atom stereocenters. The molecule has 2 N–H and O–H groups in total. The summed E-state index contributed by atoms with van der Waals surface area (Å²) in [6.45, 7) is 4.70. The first-order valence-corrected chi connectivity index (χ1v) is 5.93. The Bertz CT molecular complexity index is 408. The number of hydrogen-bond acceptors (Lipinski definition) is 2. The van der Waals surface area contributed by atoms with E-state index in [1.54, 1.807) is 0 Å². The number of hydrogen-bond donors (Lipinski definition) is 2. The van der Waals surface area contributed by atoms with E-state index >= 15 is 0 Å². The Labute approximate surface area is 106 Å². The number of benzene rings is 1. The Morgan fingerprint density at radius 1 is 1.28 bits per heavy atom. The second kappa shape index (κ2) is 7.06. The van der Waals surface area contributed by atoms with E-state index in [2.05, 4.69) is 10.6 Å². The Morgan fingerprint density at radius 2 is 2.00 bits per heavy atom. The van der Waals surface area contributed by atoms with Gasteiger partial charge >= 0.3 is 0 Å². The zero-order valence-corrected chi connectivity index (χ0v) is 10.6. The summed E-state index contributed by atoms with van der Waals surface area (Å²) in [5.74, 6) is -1.73. The van der Waals surface area contributed by atoms with E-state index in [1.165, 1.54) is 6.07 Å². The molecule has 0 radical (unpaired) electrons. The molecule has 100 valence electrons. The molecular formula is C13H18F2N2O. The molecule has 0 aromatic heterocycles. The molecule has 0 heterocycles. The number of amides is 1. The van der Waals surface area contributed by atoms with Crippen LogP contribution in [0.1, 0.15) is 25.8 Å². The van der Waals surface area contributed by atoms with Crippen molar-refractivity contribution in [2.45, 2.75) is 32.9 Å². The van der Waals surface area contributed by atoms with E-state index in [9.17, 15) is 13.6 Å². The van der Waals surface area contributed by atoms with Gasteiger partial charge in [-0.2, -0.15) is 0 Å². The van der Waals surface area contributed by atoms with Crippen LogP contribution in [0.2, 0.25) is 0 Å². The number of carbonyl (C=O) groups excluding carboxylic acids is 1. The fraction of sp³-hybridized carbons (Fsp3) is 0.462. The van der Waals surface area contributed by atoms with Gasteiger partial charge in [0.25, 0.3) is 0 Å². The third-order valence-electron chi connectivity index (χ3n) is 2.29. The van der Waals surface area contributed by atoms with Crippen molar-refractivity contribution in [3.63, 3.8) is 0 Å². The van der Waals surface area contributed by atoms with E-state index in [-0.39, 0.29) is 11.9 Å². The van der Waals surface area contributed by atoms with Crippen LogP contribution >= 0.6 is 0 Å². The van der Waals surface area contributed by atoms with Gasteiger partial charge < -0.3 is 10.6 Å². The molecular weight excluding hydrogens is 238 g/mol. The predicted molar refractivity (Wildman–Crippen MR) is 66.0 cm³/mol. The van der Waals surface area contributed by atoms with Crippen LogP contribution in [-0.4, -0.2) is 18.5 Å². The van der Waals surface area contributed by atoms with Crippen LogP contribution in [0.25, 0.3) is 0 Å². The second-order valence-corrected chi connectivity index (χ2v) is 4.40. The highest BCUT2D eigenvalue weighted by Gasteiger charge is 2.04. The van der Waals surface area contributed by atoms with Gasteiger partial charge in [-0.1, -0.05) is 6.07 Å². The lowest BCUT2D eigenvalue weighted by molar-refractivity contribution is -0.121. The number of halogens is 2. The summed E-state index contributed by atoms with van der Waals surface area (Å²) >= 11 is 0. The van der Waals surface area contributed by atoms with Crippen LogP contribution in [0, 0.1) is 11.6 Å². The Morgan fingerprint density at radius 3 is 2.61 bits per heavy atom. The summed E-state index contributed by atoms with van der Waals surface area (Å²) in [5.41, 5.74) is 0.651. The third kappa shape index (κ3) is 5.23. The van der Waals surface area contributed by atoms with E-state index in [1.807, 2.05) is 13.8 Å². The van der Waals surface area contributed by atoms with Crippen molar-refractivity contribution in [2.24, 2.45) is 0 Å². The number of rotatable bonds is 6. The van der Waals surface area contributed by atoms with E-state index in [0.29, 0.717) is 25.1 Å². The SMILES string of the molecule is CC(C)NC(=O)CCNCc1ccc(F)c(F)c1. The molecule has 1 rings (SSSR count). The van der Waals surface area contributed by atoms with Gasteiger partial charge in [0.15, 0.2) is 11.6 Å². The maximum atomic E-state index is 12.9. The highest BCUT2D eigenvalue weighted by atomic mass is 19.2. The molecule has 0 saturated heterocycles. The fourth-order valence-electron chi connectivity index (χ4n) is 1.48. The van der Waals surface area contributed by atoms with Crippen molar-refractivity contribution in [1.29, 1.82) is 0 Å². The largest absolute Gasteiger partial charge is 0.354 e. The molecule has 0 fully saturated rings. The Kier molecular flexibility index (Phi) is 5.71. The van der Waals surface area contributed by atoms with Crippen LogP contribution in [0.4, 0.5) is 8.78 Å². The van der Waals surface area contributed by atoms with Gasteiger partial charge in [-0.05, 0) is 31.5 Å². The van der Waals surface area contributed by atoms with Crippen LogP contribution in [0.5, 0.6) is 0 Å². The molecule has 0 bridgehead atoms. The maximum absolute atomic E-state index is 12.9. The van der Waals surface area contributed by atoms with Crippen molar-refractivity contribution in [2.75, 3.05) is 6.54 Å². The topological polar surface area (TPSA) is 41.1 Å². The fourth-order valence-corrected chi connectivity index (χ4v) is 1.48. The molecule has 1 amide bonds. The molecule has 5 heteroatoms. The second-order valence-electron chi connectivity index (χ2n) is 4.40. The molecule has 0 spiro atoms. The van der Waals surface area contributed by atoms with Crippen molar-refractivity contribution in [3.05, 3.63) is 35.4 Å². The summed E-state index contributed by atoms with van der Waals surface area (Å²) in [5, 5.41) is 5.77. The van der Waals surface area contributed by atoms with Crippen LogP contribution in [-0.2, 0) is 11.3 Å². The lowest BCUT2D eigenvalue weighted by Crippen LogP contribution is -2.32. The van der Waals surface area contributed by atoms with Crippen LogP contribution in [0.15, 0.2) is 18.2 Å². The maximum Gasteiger partial charge on any atom is 0.221 e. The van der Waals surface area contributed by atoms with Crippen molar-refractivity contribution in [3.8, 4) is 0 Å². The minimum absolute atomic E-state index is 0.0252. The lowest BCUT2D eigenvalue weighted by atomic mass is 10.2. The molecule has 3 nitrogen and oxygen atoms in total. The molecule has 0 aliphatic heterocycles. The average Bonchev–Trinajstić information content (AvgIpc) is 2.28. The van der Waals surface area contributed by atoms with Crippen LogP contribution < -0.4 is 10.6 Å². The standard InChI is InChI=1S/C13H18F2N2O/c1-9(2)17-13(18)5-6-16-8-10-3-4-11(14)12(15)7-10/h3-4,7,9,16H,5-6,8H2,1-2H3,(H,17,18). The molecule has 0 atom stereocenters. The zero-order valence-electron chi connectivity index (χ0n) is 10.6. The molecule has 18 heavy (non-hydrogen) atoms. The van der Waals surface area contributed by atoms with Gasteiger partial charge in [-0.25, -0.2) is 8.78 Å². The Hall–Kier alpha value is -1.49. The predicted octanol–water partition coefficient (Wildman–Crippen LogP) is 1.97. The van der Waals surface area contributed by atoms with Crippen molar-refractivity contribution < 1.29 is 13.6 Å². The van der Waals surface area contributed by atoms with Gasteiger partial charge in [0.2, 0.25) is 5.91 Å². The molecule has 0 aliphatic carbocycles. The zero-order chi connectivity index (χ0) is 13.5. The monoisotopic (exact) mass is 256 g/mol. The highest BCUT2D eigenvalue weighted by molar-refractivity contribution is 5.76. The molecule has 0 saturated carbocycles. The summed E-state index contributed by atoms with van der Waals surface area (Å²) in [7, 11) is 0. The van der Waals surface area contributed by atoms with Gasteiger partial charge in [0, 0.05) is 25.6 Å². The van der Waals surface area contributed by atoms with E-state index in [0.717, 1.165) is 12.1 Å². The Balaban J connectivity index is 2.25. The first-order chi connectivity index (χ1) is 8.49. The van der Waals surface area contributed by atoms with E-state index in [4.69, 9.17) is 0 Å². The van der Waals surface area contributed by atoms with Gasteiger partial charge in [0.05, 0.1) is 0 Å². The molecule has 1 aromatic rings. The summed E-state index contributed by atoms with van der Waals surface area (Å²) in [6, 6.07) is 3.89. The average molecular weight is 256 g/mol. The van der Waals surface area contributed by atoms with Gasteiger partial charge in [-0.15, -0.1) is 0 Å². The smallest absolute Gasteiger partial charge is 0.221 e. The first-order valence-electron chi connectivity index (χ1n) is 5.93. The van der Waals surface area contributed by atoms with Gasteiger partial charge in [-0.3, -0.25) is 4.79 Å². The molecule has 1 aromatic carbocycles. The van der Waals surface area contributed by atoms with Crippen LogP contribution in [0.3, 0.4) is 0 Å². The lowest BCUT2D eigenvalue weighted by Gasteiger charge is -2.09. The highest BCUT2D eigenvalue weighted by Crippen LogP contribution is 2.08. The first kappa shape index (κ1) is 14.6. The molecule has 0 aliphatic rings.